The second kappa shape index (κ2) is 7.28. The Kier molecular flexibility index (Phi) is 4.90. The van der Waals surface area contributed by atoms with Crippen LogP contribution >= 0.6 is 0 Å². The third kappa shape index (κ3) is 3.12. The number of nitrogens with two attached hydrogens (primary N) is 2. The van der Waals surface area contributed by atoms with Crippen molar-refractivity contribution >= 4 is 22.1 Å². The van der Waals surface area contributed by atoms with Crippen molar-refractivity contribution in [2.45, 2.75) is 6.54 Å². The fraction of sp³-hybridized carbons (Fsp3) is 0.105. The zero-order chi connectivity index (χ0) is 18.7. The van der Waals surface area contributed by atoms with Crippen LogP contribution in [0.5, 0.6) is 0 Å². The molecule has 3 rings (SSSR count). The van der Waals surface area contributed by atoms with Crippen LogP contribution < -0.4 is 17.0 Å². The molecule has 0 amide bonds. The summed E-state index contributed by atoms with van der Waals surface area (Å²) < 4.78 is 13.6. The number of nitrogens with one attached hydrogen (secondary N) is 1. The van der Waals surface area contributed by atoms with E-state index in [1.54, 1.807) is 37.4 Å². The lowest BCUT2D eigenvalue weighted by atomic mass is 9.94. The summed E-state index contributed by atoms with van der Waals surface area (Å²) in [6.07, 6.45) is 1.41. The molecule has 0 aliphatic rings. The highest BCUT2D eigenvalue weighted by Gasteiger charge is 2.14. The van der Waals surface area contributed by atoms with E-state index < -0.39 is 0 Å². The van der Waals surface area contributed by atoms with Crippen LogP contribution in [0, 0.1) is 5.82 Å². The number of nitrogens with zero attached hydrogens (tertiary/aromatic N) is 2. The second-order valence-electron chi connectivity index (χ2n) is 5.63. The van der Waals surface area contributed by atoms with Gasteiger partial charge < -0.3 is 11.5 Å². The van der Waals surface area contributed by atoms with Crippen LogP contribution in [0.15, 0.2) is 58.5 Å². The Morgan fingerprint density at radius 1 is 1.23 bits per heavy atom. The largest absolute Gasteiger partial charge is 0.404 e. The van der Waals surface area contributed by atoms with Gasteiger partial charge in [-0.05, 0) is 29.8 Å². The minimum absolute atomic E-state index is 0.178. The van der Waals surface area contributed by atoms with Gasteiger partial charge in [0.25, 0.3) is 5.56 Å². The molecule has 132 valence electrons. The molecule has 0 aliphatic heterocycles. The lowest BCUT2D eigenvalue weighted by molar-refractivity contribution is 0.627. The number of benzene rings is 2. The van der Waals surface area contributed by atoms with E-state index in [9.17, 15) is 9.18 Å². The van der Waals surface area contributed by atoms with E-state index in [0.29, 0.717) is 33.3 Å². The predicted octanol–water partition coefficient (Wildman–Crippen LogP) is 1.94. The quantitative estimate of drug-likeness (QED) is 0.624. The molecule has 0 radical (unpaired) electrons. The van der Waals surface area contributed by atoms with Crippen LogP contribution in [-0.2, 0) is 6.54 Å². The van der Waals surface area contributed by atoms with Gasteiger partial charge in [-0.25, -0.2) is 9.49 Å². The maximum absolute atomic E-state index is 13.6. The third-order valence-corrected chi connectivity index (χ3v) is 4.12. The molecule has 0 atom stereocenters. The number of rotatable bonds is 4. The van der Waals surface area contributed by atoms with Crippen LogP contribution in [-0.4, -0.2) is 23.0 Å². The summed E-state index contributed by atoms with van der Waals surface area (Å²) in [6, 6.07) is 11.4. The number of H-pyrrole nitrogens is 1. The summed E-state index contributed by atoms with van der Waals surface area (Å²) >= 11 is 0. The first-order valence-electron chi connectivity index (χ1n) is 7.95. The number of aliphatic imine (C=N–C) groups is 1. The highest BCUT2D eigenvalue weighted by molar-refractivity contribution is 6.32. The maximum Gasteiger partial charge on any atom is 0.272 e. The van der Waals surface area contributed by atoms with Crippen LogP contribution in [0.25, 0.3) is 16.3 Å². The first-order chi connectivity index (χ1) is 12.6. The van der Waals surface area contributed by atoms with Gasteiger partial charge in [-0.2, -0.15) is 5.10 Å². The van der Waals surface area contributed by atoms with Gasteiger partial charge >= 0.3 is 0 Å². The van der Waals surface area contributed by atoms with Crippen molar-refractivity contribution in [1.82, 2.24) is 10.2 Å². The average molecular weight is 351 g/mol. The van der Waals surface area contributed by atoms with E-state index in [2.05, 4.69) is 15.2 Å². The van der Waals surface area contributed by atoms with Crippen molar-refractivity contribution in [2.75, 3.05) is 7.05 Å². The first-order valence-corrected chi connectivity index (χ1v) is 7.95. The molecule has 0 bridgehead atoms. The SMILES string of the molecule is CN=C(/C(=C\N)c1ccc2c(=O)[nH]nc(CN)c2c1)c1cccc(F)c1. The van der Waals surface area contributed by atoms with Gasteiger partial charge in [-0.1, -0.05) is 18.2 Å². The smallest absolute Gasteiger partial charge is 0.272 e. The number of hydrogen-bond donors (Lipinski definition) is 3. The molecule has 0 saturated carbocycles. The molecule has 3 aromatic rings. The van der Waals surface area contributed by atoms with Crippen molar-refractivity contribution in [3.63, 3.8) is 0 Å². The molecular weight excluding hydrogens is 333 g/mol. The molecule has 6 nitrogen and oxygen atoms in total. The zero-order valence-electron chi connectivity index (χ0n) is 14.2. The zero-order valence-corrected chi connectivity index (χ0v) is 14.2. The van der Waals surface area contributed by atoms with Crippen LogP contribution in [0.1, 0.15) is 16.8 Å². The van der Waals surface area contributed by atoms with E-state index in [1.165, 1.54) is 18.3 Å². The van der Waals surface area contributed by atoms with Gasteiger partial charge in [0, 0.05) is 36.3 Å². The van der Waals surface area contributed by atoms with Gasteiger partial charge in [-0.15, -0.1) is 0 Å². The molecule has 0 saturated heterocycles. The number of fused-ring (bicyclic) bond motifs is 1. The van der Waals surface area contributed by atoms with Gasteiger partial charge in [0.15, 0.2) is 0 Å². The number of halogens is 1. The molecule has 1 heterocycles. The van der Waals surface area contributed by atoms with Crippen molar-refractivity contribution in [3.05, 3.63) is 81.7 Å². The van der Waals surface area contributed by atoms with E-state index in [0.717, 1.165) is 5.56 Å². The van der Waals surface area contributed by atoms with Gasteiger partial charge in [-0.3, -0.25) is 9.79 Å². The number of allylic oxidation sites excluding steroid dienone is 1. The topological polar surface area (TPSA) is 110 Å². The Morgan fingerprint density at radius 3 is 2.69 bits per heavy atom. The summed E-state index contributed by atoms with van der Waals surface area (Å²) in [5.74, 6) is -0.361. The minimum atomic E-state index is -0.361. The summed E-state index contributed by atoms with van der Waals surface area (Å²) in [4.78, 5) is 16.3. The molecule has 0 aliphatic carbocycles. The summed E-state index contributed by atoms with van der Waals surface area (Å²) in [5.41, 5.74) is 14.3. The fourth-order valence-electron chi connectivity index (χ4n) is 2.90. The fourth-order valence-corrected chi connectivity index (χ4v) is 2.90. The highest BCUT2D eigenvalue weighted by atomic mass is 19.1. The van der Waals surface area contributed by atoms with Crippen molar-refractivity contribution in [1.29, 1.82) is 0 Å². The average Bonchev–Trinajstić information content (AvgIpc) is 2.66. The van der Waals surface area contributed by atoms with Crippen LogP contribution in [0.3, 0.4) is 0 Å². The van der Waals surface area contributed by atoms with E-state index in [-0.39, 0.29) is 17.9 Å². The number of aromatic nitrogens is 2. The molecule has 7 heteroatoms. The lowest BCUT2D eigenvalue weighted by Crippen LogP contribution is -2.14. The molecule has 5 N–H and O–H groups in total. The normalized spacial score (nSPS) is 12.6. The Bertz CT molecular complexity index is 1080. The summed E-state index contributed by atoms with van der Waals surface area (Å²) in [6.45, 7) is 0.178. The third-order valence-electron chi connectivity index (χ3n) is 4.12. The molecule has 0 spiro atoms. The van der Waals surface area contributed by atoms with Gasteiger partial charge in [0.05, 0.1) is 16.8 Å². The van der Waals surface area contributed by atoms with E-state index >= 15 is 0 Å². The number of aromatic amines is 1. The monoisotopic (exact) mass is 351 g/mol. The Balaban J connectivity index is 2.18. The summed E-state index contributed by atoms with van der Waals surface area (Å²) in [5, 5.41) is 7.55. The predicted molar refractivity (Wildman–Crippen MR) is 101 cm³/mol. The van der Waals surface area contributed by atoms with Crippen LogP contribution in [0.4, 0.5) is 4.39 Å². The van der Waals surface area contributed by atoms with Gasteiger partial charge in [0.2, 0.25) is 0 Å². The molecule has 2 aromatic carbocycles. The molecular formula is C19H18FN5O. The lowest BCUT2D eigenvalue weighted by Gasteiger charge is -2.12. The number of hydrogen-bond acceptors (Lipinski definition) is 5. The highest BCUT2D eigenvalue weighted by Crippen LogP contribution is 2.24. The standard InChI is InChI=1S/C19H18FN5O/c1-23-18(12-3-2-4-13(20)7-12)16(9-21)11-5-6-14-15(8-11)17(10-22)24-25-19(14)26/h2-9H,10,21-22H2,1H3,(H,25,26)/b16-9-,23-18?. The Labute approximate surface area is 149 Å². The van der Waals surface area contributed by atoms with E-state index in [1.807, 2.05) is 0 Å². The second-order valence-corrected chi connectivity index (χ2v) is 5.63. The first kappa shape index (κ1) is 17.5. The van der Waals surface area contributed by atoms with Gasteiger partial charge in [0.1, 0.15) is 5.82 Å². The van der Waals surface area contributed by atoms with Crippen molar-refractivity contribution in [2.24, 2.45) is 16.5 Å². The Morgan fingerprint density at radius 2 is 2.04 bits per heavy atom. The maximum atomic E-state index is 13.6. The molecule has 26 heavy (non-hydrogen) atoms. The Hall–Kier alpha value is -3.32. The minimum Gasteiger partial charge on any atom is -0.404 e. The molecule has 0 fully saturated rings. The van der Waals surface area contributed by atoms with Crippen LogP contribution in [0.2, 0.25) is 0 Å². The van der Waals surface area contributed by atoms with Crippen molar-refractivity contribution in [3.8, 4) is 0 Å². The molecule has 0 unspecified atom stereocenters. The van der Waals surface area contributed by atoms with E-state index in [4.69, 9.17) is 11.5 Å². The summed E-state index contributed by atoms with van der Waals surface area (Å²) in [7, 11) is 1.61. The molecule has 1 aromatic heterocycles. The van der Waals surface area contributed by atoms with Crippen molar-refractivity contribution < 1.29 is 4.39 Å².